The maximum Gasteiger partial charge on any atom is 0.264 e. The zero-order chi connectivity index (χ0) is 42.0. The second-order valence-corrected chi connectivity index (χ2v) is 17.1. The second kappa shape index (κ2) is 14.8. The van der Waals surface area contributed by atoms with E-state index in [1.165, 1.54) is 0 Å². The monoisotopic (exact) mass is 809 g/mol. The van der Waals surface area contributed by atoms with E-state index >= 15 is 4.79 Å². The van der Waals surface area contributed by atoms with Gasteiger partial charge in [-0.15, -0.1) is 5.10 Å². The molecule has 3 aliphatic rings. The number of anilines is 3. The van der Waals surface area contributed by atoms with Gasteiger partial charge in [-0.3, -0.25) is 19.2 Å². The van der Waals surface area contributed by atoms with Crippen LogP contribution in [0.2, 0.25) is 0 Å². The lowest BCUT2D eigenvalue weighted by Gasteiger charge is -2.38. The Morgan fingerprint density at radius 2 is 1.57 bits per heavy atom. The fraction of sp³-hybridized carbons (Fsp3) is 0.255. The van der Waals surface area contributed by atoms with Gasteiger partial charge in [0, 0.05) is 35.0 Å². The van der Waals surface area contributed by atoms with E-state index in [4.69, 9.17) is 9.47 Å². The summed E-state index contributed by atoms with van der Waals surface area (Å²) < 4.78 is 14.8. The molecule has 10 nitrogen and oxygen atoms in total. The van der Waals surface area contributed by atoms with Crippen LogP contribution in [0.1, 0.15) is 71.6 Å². The van der Waals surface area contributed by atoms with Crippen molar-refractivity contribution in [2.45, 2.75) is 63.5 Å². The first-order chi connectivity index (χ1) is 29.6. The van der Waals surface area contributed by atoms with Crippen LogP contribution in [0, 0.1) is 11.8 Å². The van der Waals surface area contributed by atoms with Gasteiger partial charge in [-0.25, -0.2) is 0 Å². The second-order valence-electron chi connectivity index (χ2n) is 17.1. The number of aliphatic hydroxyl groups excluding tert-OH is 1. The number of ether oxygens (including phenoxy) is 2. The Bertz CT molecular complexity index is 2780. The van der Waals surface area contributed by atoms with Gasteiger partial charge >= 0.3 is 0 Å². The van der Waals surface area contributed by atoms with Crippen molar-refractivity contribution in [1.29, 1.82) is 0 Å². The van der Waals surface area contributed by atoms with E-state index in [1.54, 1.807) is 22.9 Å². The summed E-state index contributed by atoms with van der Waals surface area (Å²) in [6.45, 7) is 7.41. The molecule has 1 saturated heterocycles. The van der Waals surface area contributed by atoms with Gasteiger partial charge in [0.15, 0.2) is 5.60 Å². The molecule has 4 heterocycles. The van der Waals surface area contributed by atoms with Crippen molar-refractivity contribution in [1.82, 2.24) is 15.0 Å². The van der Waals surface area contributed by atoms with E-state index in [9.17, 15) is 9.90 Å². The summed E-state index contributed by atoms with van der Waals surface area (Å²) in [5.41, 5.74) is 5.10. The van der Waals surface area contributed by atoms with Gasteiger partial charge in [0.2, 0.25) is 0 Å². The lowest BCUT2D eigenvalue weighted by atomic mass is 9.63. The molecule has 10 heteroatoms. The summed E-state index contributed by atoms with van der Waals surface area (Å²) in [5.74, 6) is 0.0513. The molecule has 1 fully saturated rings. The zero-order valence-electron chi connectivity index (χ0n) is 34.6. The molecule has 61 heavy (non-hydrogen) atoms. The lowest BCUT2D eigenvalue weighted by molar-refractivity contribution is -0.146. The maximum absolute atomic E-state index is 15.6. The number of aryl methyl sites for hydroxylation is 1. The number of carbonyl (C=O) groups excluding carboxylic acids is 2. The number of benzene rings is 6. The third-order valence-corrected chi connectivity index (χ3v) is 13.4. The largest absolute Gasteiger partial charge is 0.497 e. The number of aromatic nitrogens is 3. The fourth-order valence-corrected chi connectivity index (χ4v) is 10.4. The first-order valence-electron chi connectivity index (χ1n) is 20.9. The van der Waals surface area contributed by atoms with Crippen molar-refractivity contribution in [2.24, 2.45) is 11.8 Å². The van der Waals surface area contributed by atoms with Crippen molar-refractivity contribution >= 4 is 39.6 Å². The van der Waals surface area contributed by atoms with Gasteiger partial charge in [0.1, 0.15) is 17.5 Å². The number of fused-ring (bicyclic) bond motifs is 2. The number of hydrogen-bond donors (Lipinski definition) is 1. The quantitative estimate of drug-likeness (QED) is 0.139. The Morgan fingerprint density at radius 1 is 0.852 bits per heavy atom. The molecule has 5 atom stereocenters. The molecule has 2 amide bonds. The van der Waals surface area contributed by atoms with Gasteiger partial charge in [0.25, 0.3) is 11.8 Å². The van der Waals surface area contributed by atoms with E-state index < -0.39 is 23.2 Å². The zero-order valence-corrected chi connectivity index (χ0v) is 34.6. The van der Waals surface area contributed by atoms with E-state index in [-0.39, 0.29) is 23.7 Å². The Kier molecular flexibility index (Phi) is 9.38. The number of rotatable bonds is 11. The first-order valence-corrected chi connectivity index (χ1v) is 20.9. The molecule has 1 aromatic heterocycles. The molecule has 0 bridgehead atoms. The summed E-state index contributed by atoms with van der Waals surface area (Å²) in [6.07, 6.45) is 0.971. The van der Waals surface area contributed by atoms with Gasteiger partial charge in [-0.05, 0) is 76.4 Å². The van der Waals surface area contributed by atoms with Gasteiger partial charge in [-0.1, -0.05) is 123 Å². The Balaban J connectivity index is 1.08. The number of hydrogen-bond acceptors (Lipinski definition) is 7. The van der Waals surface area contributed by atoms with Crippen LogP contribution in [-0.4, -0.2) is 45.1 Å². The first kappa shape index (κ1) is 38.6. The van der Waals surface area contributed by atoms with Crippen LogP contribution in [-0.2, 0) is 33.6 Å². The molecule has 6 aromatic carbocycles. The van der Waals surface area contributed by atoms with Crippen molar-refractivity contribution < 1.29 is 24.2 Å². The summed E-state index contributed by atoms with van der Waals surface area (Å²) in [4.78, 5) is 33.5. The van der Waals surface area contributed by atoms with Gasteiger partial charge in [-0.2, -0.15) is 0 Å². The van der Waals surface area contributed by atoms with Crippen molar-refractivity contribution in [3.05, 3.63) is 179 Å². The predicted molar refractivity (Wildman–Crippen MR) is 235 cm³/mol. The van der Waals surface area contributed by atoms with Crippen LogP contribution in [0.25, 0.3) is 10.8 Å². The Labute approximate surface area is 355 Å². The van der Waals surface area contributed by atoms with E-state index in [2.05, 4.69) is 43.2 Å². The average Bonchev–Trinajstić information content (AvgIpc) is 4.03. The third-order valence-electron chi connectivity index (χ3n) is 13.4. The molecule has 1 N–H and O–H groups in total. The van der Waals surface area contributed by atoms with Crippen LogP contribution >= 0.6 is 0 Å². The molecule has 0 saturated carbocycles. The van der Waals surface area contributed by atoms with Crippen LogP contribution in [0.4, 0.5) is 17.1 Å². The minimum absolute atomic E-state index is 0.104. The number of nitrogens with zero attached hydrogens (tertiary/aromatic N) is 5. The molecule has 0 radical (unpaired) electrons. The molecule has 306 valence electrons. The number of carbonyl (C=O) groups is 2. The standard InChI is InChI=1S/C51H47N5O5/c1-32-46(50(2,3)36-21-24-38(60-4)25-22-36)44(27-28-54-31-41(52-53-54)47(57)35-15-9-6-10-16-35)61-51(32)40-29-37(23-26-42(40)55(49(51)59)30-33-13-7-5-8-14-33)56-43-20-12-18-34-17-11-19-39(45(34)43)48(56)58/h5-26,29,31-32,44,46-47,57H,27-28,30H2,1-4H3/t32-,44+,46-,47-,51+/m1/s1. The highest BCUT2D eigenvalue weighted by molar-refractivity contribution is 6.28. The highest BCUT2D eigenvalue weighted by Gasteiger charge is 2.66. The molecule has 10 rings (SSSR count). The maximum atomic E-state index is 15.6. The predicted octanol–water partition coefficient (Wildman–Crippen LogP) is 9.27. The van der Waals surface area contributed by atoms with E-state index in [1.807, 2.05) is 132 Å². The average molecular weight is 810 g/mol. The van der Waals surface area contributed by atoms with Crippen molar-refractivity contribution in [3.8, 4) is 5.75 Å². The molecular formula is C51H47N5O5. The van der Waals surface area contributed by atoms with Crippen LogP contribution in [0.15, 0.2) is 146 Å². The molecule has 0 aliphatic carbocycles. The summed E-state index contributed by atoms with van der Waals surface area (Å²) >= 11 is 0. The summed E-state index contributed by atoms with van der Waals surface area (Å²) in [6, 6.07) is 45.4. The van der Waals surface area contributed by atoms with E-state index in [0.29, 0.717) is 36.5 Å². The normalized spacial score (nSPS) is 21.2. The molecule has 7 aromatic rings. The van der Waals surface area contributed by atoms with Crippen LogP contribution in [0.5, 0.6) is 5.75 Å². The SMILES string of the molecule is COc1ccc(C(C)(C)[C@H]2[C@H](CCn3cc([C@H](O)c4ccccc4)nn3)O[C@@]3(C(=O)N(Cc4ccccc4)c4ccc(N5C(=O)c6cccc7cccc5c67)cc43)[C@@H]2C)cc1. The van der Waals surface area contributed by atoms with Crippen LogP contribution < -0.4 is 14.5 Å². The fourth-order valence-electron chi connectivity index (χ4n) is 10.4. The summed E-state index contributed by atoms with van der Waals surface area (Å²) in [7, 11) is 1.66. The number of aliphatic hydroxyl groups is 1. The molecule has 3 aliphatic heterocycles. The lowest BCUT2D eigenvalue weighted by Crippen LogP contribution is -2.45. The van der Waals surface area contributed by atoms with Crippen molar-refractivity contribution in [3.63, 3.8) is 0 Å². The van der Waals surface area contributed by atoms with Gasteiger partial charge in [0.05, 0.1) is 42.9 Å². The Hall–Kier alpha value is -6.62. The molecular weight excluding hydrogens is 763 g/mol. The smallest absolute Gasteiger partial charge is 0.264 e. The minimum Gasteiger partial charge on any atom is -0.497 e. The van der Waals surface area contributed by atoms with Crippen molar-refractivity contribution in [2.75, 3.05) is 16.9 Å². The van der Waals surface area contributed by atoms with Gasteiger partial charge < -0.3 is 19.5 Å². The van der Waals surface area contributed by atoms with Crippen LogP contribution in [0.3, 0.4) is 0 Å². The Morgan fingerprint density at radius 3 is 2.31 bits per heavy atom. The number of methoxy groups -OCH3 is 1. The highest BCUT2D eigenvalue weighted by Crippen LogP contribution is 2.61. The highest BCUT2D eigenvalue weighted by atomic mass is 16.5. The third kappa shape index (κ3) is 6.15. The minimum atomic E-state index is -1.38. The van der Waals surface area contributed by atoms with E-state index in [0.717, 1.165) is 50.2 Å². The molecule has 1 spiro atoms. The summed E-state index contributed by atoms with van der Waals surface area (Å²) in [5, 5.41) is 21.8. The number of amides is 2. The topological polar surface area (TPSA) is 110 Å². The molecule has 0 unspecified atom stereocenters.